The van der Waals surface area contributed by atoms with Crippen molar-refractivity contribution in [3.63, 3.8) is 0 Å². The highest BCUT2D eigenvalue weighted by Gasteiger charge is 2.12. The summed E-state index contributed by atoms with van der Waals surface area (Å²) in [5.41, 5.74) is 6.36. The lowest BCUT2D eigenvalue weighted by Crippen LogP contribution is -2.41. The standard InChI is InChI=1S/C22H24N4O5/c1-14-7-4-5-8-15(14)21(28)25-24-20(27)9-6-10-26-13-23-17-12-19(31-3)18(30-2)11-16(17)22(26)29/h4-5,7-8,11-13H,6,9-10H2,1-3H3,(H,24,27)(H,25,28). The summed E-state index contributed by atoms with van der Waals surface area (Å²) < 4.78 is 11.9. The quantitative estimate of drug-likeness (QED) is 0.561. The first kappa shape index (κ1) is 21.8. The molecule has 2 amide bonds. The second kappa shape index (κ2) is 9.75. The molecule has 0 aliphatic rings. The number of aryl methyl sites for hydroxylation is 2. The number of carbonyl (C=O) groups excluding carboxylic acids is 2. The van der Waals surface area contributed by atoms with Crippen molar-refractivity contribution in [2.24, 2.45) is 0 Å². The molecule has 0 fully saturated rings. The largest absolute Gasteiger partial charge is 0.493 e. The molecule has 0 saturated heterocycles. The van der Waals surface area contributed by atoms with Gasteiger partial charge in [0.1, 0.15) is 0 Å². The first-order valence-corrected chi connectivity index (χ1v) is 9.70. The second-order valence-electron chi connectivity index (χ2n) is 6.89. The Kier molecular flexibility index (Phi) is 6.86. The summed E-state index contributed by atoms with van der Waals surface area (Å²) in [5, 5.41) is 0.398. The summed E-state index contributed by atoms with van der Waals surface area (Å²) >= 11 is 0. The smallest absolute Gasteiger partial charge is 0.269 e. The van der Waals surface area contributed by atoms with Crippen LogP contribution in [0.3, 0.4) is 0 Å². The number of hydrogen-bond acceptors (Lipinski definition) is 6. The Labute approximate surface area is 179 Å². The van der Waals surface area contributed by atoms with Gasteiger partial charge in [-0.05, 0) is 31.0 Å². The first-order chi connectivity index (χ1) is 14.9. The van der Waals surface area contributed by atoms with Gasteiger partial charge in [-0.1, -0.05) is 18.2 Å². The molecule has 1 aromatic heterocycles. The summed E-state index contributed by atoms with van der Waals surface area (Å²) in [5.74, 6) is 0.195. The van der Waals surface area contributed by atoms with E-state index in [1.54, 1.807) is 24.3 Å². The fourth-order valence-corrected chi connectivity index (χ4v) is 3.14. The Morgan fingerprint density at radius 3 is 2.48 bits per heavy atom. The van der Waals surface area contributed by atoms with E-state index in [1.807, 2.05) is 19.1 Å². The van der Waals surface area contributed by atoms with Gasteiger partial charge in [-0.25, -0.2) is 4.98 Å². The molecule has 2 N–H and O–H groups in total. The van der Waals surface area contributed by atoms with Crippen molar-refractivity contribution in [1.82, 2.24) is 20.4 Å². The van der Waals surface area contributed by atoms with E-state index in [4.69, 9.17) is 9.47 Å². The number of benzene rings is 2. The van der Waals surface area contributed by atoms with Gasteiger partial charge >= 0.3 is 0 Å². The van der Waals surface area contributed by atoms with Crippen molar-refractivity contribution in [3.8, 4) is 11.5 Å². The number of amides is 2. The monoisotopic (exact) mass is 424 g/mol. The molecule has 0 bridgehead atoms. The van der Waals surface area contributed by atoms with E-state index in [0.717, 1.165) is 5.56 Å². The predicted molar refractivity (Wildman–Crippen MR) is 115 cm³/mol. The van der Waals surface area contributed by atoms with Crippen LogP contribution in [-0.4, -0.2) is 35.6 Å². The highest BCUT2D eigenvalue weighted by molar-refractivity contribution is 5.96. The summed E-state index contributed by atoms with van der Waals surface area (Å²) in [6.45, 7) is 2.12. The molecule has 9 nitrogen and oxygen atoms in total. The molecule has 0 atom stereocenters. The molecule has 162 valence electrons. The Bertz CT molecular complexity index is 1170. The number of nitrogens with zero attached hydrogens (tertiary/aromatic N) is 2. The number of hydrogen-bond donors (Lipinski definition) is 2. The van der Waals surface area contributed by atoms with E-state index in [2.05, 4.69) is 15.8 Å². The lowest BCUT2D eigenvalue weighted by molar-refractivity contribution is -0.122. The number of rotatable bonds is 7. The van der Waals surface area contributed by atoms with Crippen LogP contribution in [0.5, 0.6) is 11.5 Å². The SMILES string of the molecule is COc1cc2ncn(CCCC(=O)NNC(=O)c3ccccc3C)c(=O)c2cc1OC. The van der Waals surface area contributed by atoms with E-state index in [9.17, 15) is 14.4 Å². The number of hydrazine groups is 1. The van der Waals surface area contributed by atoms with Gasteiger partial charge in [0.2, 0.25) is 5.91 Å². The number of methoxy groups -OCH3 is 2. The van der Waals surface area contributed by atoms with E-state index < -0.39 is 0 Å². The summed E-state index contributed by atoms with van der Waals surface area (Å²) in [4.78, 5) is 41.2. The molecule has 0 aliphatic carbocycles. The van der Waals surface area contributed by atoms with E-state index >= 15 is 0 Å². The molecule has 0 radical (unpaired) electrons. The van der Waals surface area contributed by atoms with Gasteiger partial charge in [0, 0.05) is 24.6 Å². The van der Waals surface area contributed by atoms with Crippen LogP contribution in [0.15, 0.2) is 47.5 Å². The van der Waals surface area contributed by atoms with Crippen LogP contribution in [0, 0.1) is 6.92 Å². The van der Waals surface area contributed by atoms with Crippen LogP contribution in [0.2, 0.25) is 0 Å². The number of fused-ring (bicyclic) bond motifs is 1. The maximum atomic E-state index is 12.7. The molecule has 1 heterocycles. The average Bonchev–Trinajstić information content (AvgIpc) is 2.78. The normalized spacial score (nSPS) is 10.5. The van der Waals surface area contributed by atoms with Gasteiger partial charge in [-0.15, -0.1) is 0 Å². The van der Waals surface area contributed by atoms with Gasteiger partial charge in [0.15, 0.2) is 11.5 Å². The lowest BCUT2D eigenvalue weighted by atomic mass is 10.1. The van der Waals surface area contributed by atoms with Gasteiger partial charge in [-0.2, -0.15) is 0 Å². The fraction of sp³-hybridized carbons (Fsp3) is 0.273. The van der Waals surface area contributed by atoms with Gasteiger partial charge < -0.3 is 9.47 Å². The second-order valence-corrected chi connectivity index (χ2v) is 6.89. The van der Waals surface area contributed by atoms with Crippen molar-refractivity contribution in [2.75, 3.05) is 14.2 Å². The van der Waals surface area contributed by atoms with Crippen LogP contribution in [-0.2, 0) is 11.3 Å². The highest BCUT2D eigenvalue weighted by Crippen LogP contribution is 2.29. The zero-order chi connectivity index (χ0) is 22.4. The van der Waals surface area contributed by atoms with Crippen molar-refractivity contribution < 1.29 is 19.1 Å². The number of ether oxygens (including phenoxy) is 2. The number of carbonyl (C=O) groups is 2. The Morgan fingerprint density at radius 1 is 1.06 bits per heavy atom. The molecule has 3 rings (SSSR count). The zero-order valence-electron chi connectivity index (χ0n) is 17.6. The summed E-state index contributed by atoms with van der Waals surface area (Å²) in [7, 11) is 3.01. The van der Waals surface area contributed by atoms with Crippen molar-refractivity contribution in [1.29, 1.82) is 0 Å². The minimum absolute atomic E-state index is 0.129. The first-order valence-electron chi connectivity index (χ1n) is 9.70. The molecule has 9 heteroatoms. The van der Waals surface area contributed by atoms with Crippen LogP contribution < -0.4 is 25.9 Å². The van der Waals surface area contributed by atoms with Crippen molar-refractivity contribution >= 4 is 22.7 Å². The minimum Gasteiger partial charge on any atom is -0.493 e. The Morgan fingerprint density at radius 2 is 1.77 bits per heavy atom. The highest BCUT2D eigenvalue weighted by atomic mass is 16.5. The Balaban J connectivity index is 1.58. The topological polar surface area (TPSA) is 112 Å². The third kappa shape index (κ3) is 5.00. The lowest BCUT2D eigenvalue weighted by Gasteiger charge is -2.11. The van der Waals surface area contributed by atoms with Crippen LogP contribution in [0.1, 0.15) is 28.8 Å². The predicted octanol–water partition coefficient (Wildman–Crippen LogP) is 1.96. The van der Waals surface area contributed by atoms with Crippen LogP contribution in [0.4, 0.5) is 0 Å². The number of aromatic nitrogens is 2. The van der Waals surface area contributed by atoms with Crippen molar-refractivity contribution in [2.45, 2.75) is 26.3 Å². The maximum absolute atomic E-state index is 12.7. The number of nitrogens with one attached hydrogen (secondary N) is 2. The Hall–Kier alpha value is -3.88. The average molecular weight is 424 g/mol. The molecular formula is C22H24N4O5. The van der Waals surface area contributed by atoms with Crippen LogP contribution in [0.25, 0.3) is 10.9 Å². The maximum Gasteiger partial charge on any atom is 0.269 e. The molecule has 0 spiro atoms. The van der Waals surface area contributed by atoms with Gasteiger partial charge in [0.25, 0.3) is 11.5 Å². The molecule has 0 aliphatic heterocycles. The van der Waals surface area contributed by atoms with Crippen LogP contribution >= 0.6 is 0 Å². The van der Waals surface area contributed by atoms with Gasteiger partial charge in [-0.3, -0.25) is 29.8 Å². The minimum atomic E-state index is -0.384. The fourth-order valence-electron chi connectivity index (χ4n) is 3.14. The third-order valence-electron chi connectivity index (χ3n) is 4.84. The summed E-state index contributed by atoms with van der Waals surface area (Å²) in [6.07, 6.45) is 1.96. The third-order valence-corrected chi connectivity index (χ3v) is 4.84. The molecule has 2 aromatic carbocycles. The molecule has 31 heavy (non-hydrogen) atoms. The molecule has 3 aromatic rings. The van der Waals surface area contributed by atoms with E-state index in [-0.39, 0.29) is 23.8 Å². The molecular weight excluding hydrogens is 400 g/mol. The molecule has 0 unspecified atom stereocenters. The van der Waals surface area contributed by atoms with Crippen molar-refractivity contribution in [3.05, 3.63) is 64.2 Å². The van der Waals surface area contributed by atoms with E-state index in [0.29, 0.717) is 40.9 Å². The summed E-state index contributed by atoms with van der Waals surface area (Å²) in [6, 6.07) is 10.3. The van der Waals surface area contributed by atoms with E-state index in [1.165, 1.54) is 25.1 Å². The zero-order valence-corrected chi connectivity index (χ0v) is 17.6. The van der Waals surface area contributed by atoms with Gasteiger partial charge in [0.05, 0.1) is 31.4 Å². The molecule has 0 saturated carbocycles.